The number of ether oxygens (including phenoxy) is 4. The minimum atomic E-state index is -4.22. The van der Waals surface area contributed by atoms with Crippen molar-refractivity contribution < 1.29 is 36.7 Å². The molecule has 0 aliphatic heterocycles. The molecule has 0 aliphatic carbocycles. The van der Waals surface area contributed by atoms with Gasteiger partial charge in [-0.25, -0.2) is 0 Å². The van der Waals surface area contributed by atoms with E-state index in [0.717, 1.165) is 5.56 Å². The average Bonchev–Trinajstić information content (AvgIpc) is 2.83. The Kier molecular flexibility index (Phi) is 7.57. The third kappa shape index (κ3) is 5.20. The van der Waals surface area contributed by atoms with Gasteiger partial charge in [-0.2, -0.15) is 8.42 Å². The zero-order chi connectivity index (χ0) is 24.9. The number of aromatic hydroxyl groups is 1. The van der Waals surface area contributed by atoms with Crippen LogP contribution in [0.25, 0.3) is 12.2 Å². The average molecular weight is 487 g/mol. The summed E-state index contributed by atoms with van der Waals surface area (Å²) in [4.78, 5) is -0.0418. The summed E-state index contributed by atoms with van der Waals surface area (Å²) in [6.45, 7) is 1.84. The minimum Gasteiger partial charge on any atom is -0.502 e. The Bertz CT molecular complexity index is 1270. The van der Waals surface area contributed by atoms with E-state index in [-0.39, 0.29) is 16.4 Å². The molecule has 0 spiro atoms. The lowest BCUT2D eigenvalue weighted by Crippen LogP contribution is -2.11. The maximum absolute atomic E-state index is 12.9. The molecule has 0 unspecified atom stereocenters. The second kappa shape index (κ2) is 10.4. The number of phenols is 1. The van der Waals surface area contributed by atoms with E-state index in [9.17, 15) is 13.5 Å². The van der Waals surface area contributed by atoms with Crippen LogP contribution in [0.4, 0.5) is 0 Å². The van der Waals surface area contributed by atoms with Crippen molar-refractivity contribution in [1.82, 2.24) is 0 Å². The van der Waals surface area contributed by atoms with Crippen LogP contribution in [-0.4, -0.2) is 42.0 Å². The van der Waals surface area contributed by atoms with Gasteiger partial charge >= 0.3 is 10.1 Å². The SMILES string of the molecule is COc1ccc(/C=C/c2cc(OC)c(OC)c(OC)c2)c(OS(=O)(=O)c2ccc(C)cc2)c1O. The quantitative estimate of drug-likeness (QED) is 0.344. The summed E-state index contributed by atoms with van der Waals surface area (Å²) in [6, 6.07) is 12.7. The first-order valence-electron chi connectivity index (χ1n) is 10.1. The van der Waals surface area contributed by atoms with Crippen molar-refractivity contribution in [2.24, 2.45) is 0 Å². The van der Waals surface area contributed by atoms with Gasteiger partial charge in [0.05, 0.1) is 28.4 Å². The largest absolute Gasteiger partial charge is 0.502 e. The molecule has 0 aromatic heterocycles. The zero-order valence-electron chi connectivity index (χ0n) is 19.5. The highest BCUT2D eigenvalue weighted by Crippen LogP contribution is 2.42. The van der Waals surface area contributed by atoms with Gasteiger partial charge in [-0.15, -0.1) is 0 Å². The van der Waals surface area contributed by atoms with Gasteiger partial charge in [0.1, 0.15) is 4.90 Å². The summed E-state index contributed by atoms with van der Waals surface area (Å²) in [7, 11) is 1.66. The van der Waals surface area contributed by atoms with E-state index in [0.29, 0.717) is 28.4 Å². The van der Waals surface area contributed by atoms with Crippen molar-refractivity contribution in [2.45, 2.75) is 11.8 Å². The van der Waals surface area contributed by atoms with E-state index < -0.39 is 15.9 Å². The second-order valence-corrected chi connectivity index (χ2v) is 8.72. The first-order valence-corrected chi connectivity index (χ1v) is 11.5. The van der Waals surface area contributed by atoms with Crippen molar-refractivity contribution in [1.29, 1.82) is 0 Å². The molecule has 0 amide bonds. The van der Waals surface area contributed by atoms with E-state index in [1.807, 2.05) is 6.92 Å². The van der Waals surface area contributed by atoms with Gasteiger partial charge in [-0.05, 0) is 48.9 Å². The fourth-order valence-corrected chi connectivity index (χ4v) is 4.16. The van der Waals surface area contributed by atoms with Crippen LogP contribution in [0.5, 0.6) is 34.5 Å². The molecule has 3 rings (SSSR count). The molecule has 3 aromatic rings. The van der Waals surface area contributed by atoms with Crippen molar-refractivity contribution in [2.75, 3.05) is 28.4 Å². The maximum atomic E-state index is 12.9. The lowest BCUT2D eigenvalue weighted by molar-refractivity contribution is 0.324. The first kappa shape index (κ1) is 24.8. The number of phenolic OH excluding ortho intramolecular Hbond substituents is 1. The van der Waals surface area contributed by atoms with Gasteiger partial charge < -0.3 is 28.2 Å². The number of hydrogen-bond acceptors (Lipinski definition) is 8. The summed E-state index contributed by atoms with van der Waals surface area (Å²) in [5, 5.41) is 10.6. The van der Waals surface area contributed by atoms with Gasteiger partial charge in [-0.3, -0.25) is 0 Å². The van der Waals surface area contributed by atoms with Gasteiger partial charge in [0.15, 0.2) is 23.0 Å². The molecule has 0 aliphatic rings. The van der Waals surface area contributed by atoms with Crippen LogP contribution in [0.3, 0.4) is 0 Å². The molecular formula is C25H26O8S. The number of rotatable bonds is 9. The standard InChI is InChI=1S/C25H26O8S/c1-16-6-11-19(12-7-16)34(27,28)33-24-18(10-13-20(29-2)23(24)26)9-8-17-14-21(30-3)25(32-5)22(15-17)31-4/h6-15,26H,1-5H3/b9-8+. The van der Waals surface area contributed by atoms with Crippen LogP contribution in [0.2, 0.25) is 0 Å². The van der Waals surface area contributed by atoms with Crippen LogP contribution in [0, 0.1) is 6.92 Å². The van der Waals surface area contributed by atoms with Crippen LogP contribution in [0.1, 0.15) is 16.7 Å². The maximum Gasteiger partial charge on any atom is 0.339 e. The van der Waals surface area contributed by atoms with Crippen LogP contribution < -0.4 is 23.1 Å². The molecule has 0 radical (unpaired) electrons. The molecule has 180 valence electrons. The van der Waals surface area contributed by atoms with Crippen LogP contribution >= 0.6 is 0 Å². The van der Waals surface area contributed by atoms with Crippen molar-refractivity contribution in [3.8, 4) is 34.5 Å². The molecule has 0 saturated carbocycles. The normalized spacial score (nSPS) is 11.3. The van der Waals surface area contributed by atoms with E-state index in [1.165, 1.54) is 46.6 Å². The minimum absolute atomic E-state index is 0.0418. The highest BCUT2D eigenvalue weighted by atomic mass is 32.2. The Morgan fingerprint density at radius 3 is 1.85 bits per heavy atom. The van der Waals surface area contributed by atoms with Gasteiger partial charge in [0, 0.05) is 5.56 Å². The third-order valence-corrected chi connectivity index (χ3v) is 6.23. The van der Waals surface area contributed by atoms with E-state index >= 15 is 0 Å². The molecule has 0 saturated heterocycles. The summed E-state index contributed by atoms with van der Waals surface area (Å²) in [6.07, 6.45) is 3.29. The molecule has 0 bridgehead atoms. The summed E-state index contributed by atoms with van der Waals surface area (Å²) < 4.78 is 52.3. The highest BCUT2D eigenvalue weighted by Gasteiger charge is 2.23. The van der Waals surface area contributed by atoms with Crippen LogP contribution in [-0.2, 0) is 10.1 Å². The lowest BCUT2D eigenvalue weighted by Gasteiger charge is -2.14. The Labute approximate surface area is 199 Å². The fourth-order valence-electron chi connectivity index (χ4n) is 3.20. The Hall–Kier alpha value is -3.85. The van der Waals surface area contributed by atoms with Crippen molar-refractivity contribution in [3.05, 3.63) is 65.2 Å². The molecule has 3 aromatic carbocycles. The molecule has 34 heavy (non-hydrogen) atoms. The molecule has 0 heterocycles. The molecule has 1 N–H and O–H groups in total. The van der Waals surface area contributed by atoms with Crippen molar-refractivity contribution in [3.63, 3.8) is 0 Å². The predicted octanol–water partition coefficient (Wildman–Crippen LogP) is 4.67. The molecule has 9 heteroatoms. The second-order valence-electron chi connectivity index (χ2n) is 7.18. The zero-order valence-corrected chi connectivity index (χ0v) is 20.3. The molecule has 0 atom stereocenters. The molecular weight excluding hydrogens is 460 g/mol. The number of benzene rings is 3. The van der Waals surface area contributed by atoms with E-state index in [4.69, 9.17) is 23.1 Å². The highest BCUT2D eigenvalue weighted by molar-refractivity contribution is 7.87. The Morgan fingerprint density at radius 2 is 1.32 bits per heavy atom. The van der Waals surface area contributed by atoms with E-state index in [1.54, 1.807) is 42.5 Å². The summed E-state index contributed by atoms with van der Waals surface area (Å²) in [5.74, 6) is 0.723. The third-order valence-electron chi connectivity index (χ3n) is 4.99. The van der Waals surface area contributed by atoms with Gasteiger partial charge in [-0.1, -0.05) is 29.8 Å². The monoisotopic (exact) mass is 486 g/mol. The molecule has 0 fully saturated rings. The van der Waals surface area contributed by atoms with Crippen LogP contribution in [0.15, 0.2) is 53.4 Å². The smallest absolute Gasteiger partial charge is 0.339 e. The molecule has 8 nitrogen and oxygen atoms in total. The van der Waals surface area contributed by atoms with Crippen molar-refractivity contribution >= 4 is 22.3 Å². The fraction of sp³-hybridized carbons (Fsp3) is 0.200. The summed E-state index contributed by atoms with van der Waals surface area (Å²) >= 11 is 0. The van der Waals surface area contributed by atoms with Gasteiger partial charge in [0.2, 0.25) is 11.5 Å². The Balaban J connectivity index is 2.05. The lowest BCUT2D eigenvalue weighted by atomic mass is 10.1. The van der Waals surface area contributed by atoms with E-state index in [2.05, 4.69) is 0 Å². The Morgan fingerprint density at radius 1 is 0.735 bits per heavy atom. The first-order chi connectivity index (χ1) is 16.2. The predicted molar refractivity (Wildman–Crippen MR) is 129 cm³/mol. The topological polar surface area (TPSA) is 101 Å². The number of methoxy groups -OCH3 is 4. The number of hydrogen-bond donors (Lipinski definition) is 1. The number of aryl methyl sites for hydroxylation is 1. The summed E-state index contributed by atoms with van der Waals surface area (Å²) in [5.41, 5.74) is 1.89. The van der Waals surface area contributed by atoms with Gasteiger partial charge in [0.25, 0.3) is 0 Å².